The molecule has 0 aromatic heterocycles. The van der Waals surface area contributed by atoms with Crippen molar-refractivity contribution in [3.05, 3.63) is 0 Å². The van der Waals surface area contributed by atoms with E-state index in [1.165, 1.54) is 64.5 Å². The molecule has 0 atom stereocenters. The van der Waals surface area contributed by atoms with E-state index in [0.717, 1.165) is 12.0 Å². The van der Waals surface area contributed by atoms with Gasteiger partial charge in [0.15, 0.2) is 0 Å². The van der Waals surface area contributed by atoms with Gasteiger partial charge in [0.25, 0.3) is 0 Å². The highest BCUT2D eigenvalue weighted by Gasteiger charge is 2.20. The molecule has 0 amide bonds. The topological polar surface area (TPSA) is 15.3 Å². The lowest BCUT2D eigenvalue weighted by Crippen LogP contribution is -2.35. The van der Waals surface area contributed by atoms with Crippen LogP contribution in [-0.4, -0.2) is 38.1 Å². The fraction of sp³-hybridized carbons (Fsp3) is 1.00. The SMILES string of the molecule is CNCCCCCCN(C)C1CCC(C)CC1. The third kappa shape index (κ3) is 6.42. The predicted octanol–water partition coefficient (Wildman–Crippen LogP) is 3.28. The van der Waals surface area contributed by atoms with Gasteiger partial charge in [0.05, 0.1) is 0 Å². The summed E-state index contributed by atoms with van der Waals surface area (Å²) in [6.07, 6.45) is 11.2. The van der Waals surface area contributed by atoms with Gasteiger partial charge in [-0.1, -0.05) is 19.8 Å². The Morgan fingerprint density at radius 3 is 2.29 bits per heavy atom. The highest BCUT2D eigenvalue weighted by atomic mass is 15.1. The zero-order valence-corrected chi connectivity index (χ0v) is 12.2. The van der Waals surface area contributed by atoms with Crippen molar-refractivity contribution in [1.29, 1.82) is 0 Å². The van der Waals surface area contributed by atoms with E-state index >= 15 is 0 Å². The van der Waals surface area contributed by atoms with Gasteiger partial charge in [0.2, 0.25) is 0 Å². The minimum atomic E-state index is 0.878. The number of hydrogen-bond donors (Lipinski definition) is 1. The van der Waals surface area contributed by atoms with Crippen LogP contribution >= 0.6 is 0 Å². The van der Waals surface area contributed by atoms with Gasteiger partial charge in [-0.3, -0.25) is 0 Å². The molecule has 0 spiro atoms. The van der Waals surface area contributed by atoms with Crippen LogP contribution in [0.15, 0.2) is 0 Å². The van der Waals surface area contributed by atoms with Crippen molar-refractivity contribution in [1.82, 2.24) is 10.2 Å². The lowest BCUT2D eigenvalue weighted by Gasteiger charge is -2.33. The molecule has 1 rings (SSSR count). The van der Waals surface area contributed by atoms with Crippen LogP contribution in [-0.2, 0) is 0 Å². The minimum Gasteiger partial charge on any atom is -0.320 e. The van der Waals surface area contributed by atoms with Gasteiger partial charge in [0.1, 0.15) is 0 Å². The van der Waals surface area contributed by atoms with Crippen LogP contribution in [0.4, 0.5) is 0 Å². The molecule has 0 aromatic rings. The average Bonchev–Trinajstić information content (AvgIpc) is 2.34. The molecule has 0 saturated heterocycles. The summed E-state index contributed by atoms with van der Waals surface area (Å²) >= 11 is 0. The summed E-state index contributed by atoms with van der Waals surface area (Å²) in [6, 6.07) is 0.878. The maximum absolute atomic E-state index is 3.21. The highest BCUT2D eigenvalue weighted by molar-refractivity contribution is 4.76. The molecule has 2 heteroatoms. The normalized spacial score (nSPS) is 25.4. The number of nitrogens with one attached hydrogen (secondary N) is 1. The summed E-state index contributed by atoms with van der Waals surface area (Å²) in [6.45, 7) is 4.88. The average molecular weight is 240 g/mol. The number of hydrogen-bond acceptors (Lipinski definition) is 2. The van der Waals surface area contributed by atoms with Gasteiger partial charge in [-0.2, -0.15) is 0 Å². The van der Waals surface area contributed by atoms with E-state index in [0.29, 0.717) is 0 Å². The van der Waals surface area contributed by atoms with Crippen molar-refractivity contribution in [2.45, 2.75) is 64.3 Å². The molecule has 0 radical (unpaired) electrons. The van der Waals surface area contributed by atoms with E-state index < -0.39 is 0 Å². The van der Waals surface area contributed by atoms with Crippen molar-refractivity contribution in [3.63, 3.8) is 0 Å². The predicted molar refractivity (Wildman–Crippen MR) is 76.4 cm³/mol. The molecule has 0 aliphatic heterocycles. The van der Waals surface area contributed by atoms with Crippen molar-refractivity contribution >= 4 is 0 Å². The smallest absolute Gasteiger partial charge is 0.00924 e. The Bertz CT molecular complexity index is 174. The maximum atomic E-state index is 3.21. The Kier molecular flexibility index (Phi) is 7.87. The number of rotatable bonds is 8. The number of nitrogens with zero attached hydrogens (tertiary/aromatic N) is 1. The van der Waals surface area contributed by atoms with Crippen molar-refractivity contribution in [2.75, 3.05) is 27.2 Å². The molecular weight excluding hydrogens is 208 g/mol. The first-order valence-corrected chi connectivity index (χ1v) is 7.59. The summed E-state index contributed by atoms with van der Waals surface area (Å²) in [5.41, 5.74) is 0. The van der Waals surface area contributed by atoms with E-state index in [2.05, 4.69) is 24.2 Å². The zero-order chi connectivity index (χ0) is 12.5. The highest BCUT2D eigenvalue weighted by Crippen LogP contribution is 2.26. The summed E-state index contributed by atoms with van der Waals surface area (Å²) in [5, 5.41) is 3.21. The van der Waals surface area contributed by atoms with Crippen molar-refractivity contribution < 1.29 is 0 Å². The molecule has 17 heavy (non-hydrogen) atoms. The van der Waals surface area contributed by atoms with Crippen molar-refractivity contribution in [2.24, 2.45) is 5.92 Å². The minimum absolute atomic E-state index is 0.878. The molecule has 1 aliphatic rings. The zero-order valence-electron chi connectivity index (χ0n) is 12.2. The summed E-state index contributed by atoms with van der Waals surface area (Å²) in [5.74, 6) is 0.973. The van der Waals surface area contributed by atoms with Gasteiger partial charge in [0, 0.05) is 6.04 Å². The van der Waals surface area contributed by atoms with Crippen LogP contribution in [0.5, 0.6) is 0 Å². The monoisotopic (exact) mass is 240 g/mol. The quantitative estimate of drug-likeness (QED) is 0.655. The van der Waals surface area contributed by atoms with Crippen LogP contribution in [0.25, 0.3) is 0 Å². The fourth-order valence-electron chi connectivity index (χ4n) is 2.88. The molecule has 2 nitrogen and oxygen atoms in total. The lowest BCUT2D eigenvalue weighted by molar-refractivity contribution is 0.167. The molecule has 1 fully saturated rings. The Morgan fingerprint density at radius 2 is 1.65 bits per heavy atom. The van der Waals surface area contributed by atoms with Crippen LogP contribution in [0.2, 0.25) is 0 Å². The third-order valence-electron chi connectivity index (χ3n) is 4.30. The van der Waals surface area contributed by atoms with Crippen molar-refractivity contribution in [3.8, 4) is 0 Å². The van der Waals surface area contributed by atoms with E-state index in [9.17, 15) is 0 Å². The first-order valence-electron chi connectivity index (χ1n) is 7.59. The fourth-order valence-corrected chi connectivity index (χ4v) is 2.88. The van der Waals surface area contributed by atoms with E-state index in [-0.39, 0.29) is 0 Å². The van der Waals surface area contributed by atoms with Gasteiger partial charge in [-0.05, 0) is 71.6 Å². The molecule has 1 N–H and O–H groups in total. The molecular formula is C15H32N2. The van der Waals surface area contributed by atoms with Gasteiger partial charge in [-0.25, -0.2) is 0 Å². The number of unbranched alkanes of at least 4 members (excludes halogenated alkanes) is 3. The van der Waals surface area contributed by atoms with Gasteiger partial charge in [-0.15, -0.1) is 0 Å². The lowest BCUT2D eigenvalue weighted by atomic mass is 9.87. The Labute approximate surface area is 108 Å². The largest absolute Gasteiger partial charge is 0.320 e. The molecule has 0 aromatic carbocycles. The Hall–Kier alpha value is -0.0800. The summed E-state index contributed by atoms with van der Waals surface area (Å²) in [7, 11) is 4.37. The first kappa shape index (κ1) is 15.0. The second kappa shape index (κ2) is 8.93. The molecule has 1 saturated carbocycles. The Morgan fingerprint density at radius 1 is 1.00 bits per heavy atom. The second-order valence-electron chi connectivity index (χ2n) is 5.91. The van der Waals surface area contributed by atoms with E-state index in [1.54, 1.807) is 0 Å². The molecule has 1 aliphatic carbocycles. The third-order valence-corrected chi connectivity index (χ3v) is 4.30. The summed E-state index contributed by atoms with van der Waals surface area (Å²) < 4.78 is 0. The van der Waals surface area contributed by atoms with E-state index in [1.807, 2.05) is 7.05 Å². The molecule has 0 bridgehead atoms. The Balaban J connectivity index is 1.99. The van der Waals surface area contributed by atoms with Crippen LogP contribution in [0.1, 0.15) is 58.3 Å². The second-order valence-corrected chi connectivity index (χ2v) is 5.91. The molecule has 102 valence electrons. The molecule has 0 unspecified atom stereocenters. The summed E-state index contributed by atoms with van der Waals surface area (Å²) in [4.78, 5) is 2.62. The van der Waals surface area contributed by atoms with E-state index in [4.69, 9.17) is 0 Å². The standard InChI is InChI=1S/C15H32N2/c1-14-8-10-15(11-9-14)17(3)13-7-5-4-6-12-16-2/h14-16H,4-13H2,1-3H3. The van der Waals surface area contributed by atoms with Gasteiger partial charge < -0.3 is 10.2 Å². The van der Waals surface area contributed by atoms with Crippen LogP contribution in [0, 0.1) is 5.92 Å². The maximum Gasteiger partial charge on any atom is 0.00924 e. The first-order chi connectivity index (χ1) is 8.24. The van der Waals surface area contributed by atoms with Crippen LogP contribution < -0.4 is 5.32 Å². The van der Waals surface area contributed by atoms with Crippen LogP contribution in [0.3, 0.4) is 0 Å². The molecule has 0 heterocycles. The van der Waals surface area contributed by atoms with Gasteiger partial charge >= 0.3 is 0 Å².